The minimum absolute atomic E-state index is 0.318. The summed E-state index contributed by atoms with van der Waals surface area (Å²) in [4.78, 5) is 24.5. The van der Waals surface area contributed by atoms with E-state index in [0.717, 1.165) is 34.9 Å². The van der Waals surface area contributed by atoms with E-state index >= 15 is 0 Å². The highest BCUT2D eigenvalue weighted by Crippen LogP contribution is 2.31. The average Bonchev–Trinajstić information content (AvgIpc) is 2.86. The summed E-state index contributed by atoms with van der Waals surface area (Å²) in [7, 11) is 0. The van der Waals surface area contributed by atoms with Gasteiger partial charge in [0.2, 0.25) is 0 Å². The number of benzene rings is 1. The molecule has 0 aliphatic heterocycles. The van der Waals surface area contributed by atoms with E-state index in [0.29, 0.717) is 28.5 Å². The van der Waals surface area contributed by atoms with Gasteiger partial charge in [-0.3, -0.25) is 0 Å². The normalized spacial score (nSPS) is 14.0. The summed E-state index contributed by atoms with van der Waals surface area (Å²) in [6.07, 6.45) is 2.29. The van der Waals surface area contributed by atoms with E-state index in [2.05, 4.69) is 0 Å². The van der Waals surface area contributed by atoms with Gasteiger partial charge in [0.1, 0.15) is 11.0 Å². The lowest BCUT2D eigenvalue weighted by Gasteiger charge is -2.08. The molecule has 1 aromatic carbocycles. The first-order chi connectivity index (χ1) is 10.1. The molecular formula is C17H14O4. The summed E-state index contributed by atoms with van der Waals surface area (Å²) in [5, 5.41) is 1.17. The molecule has 0 amide bonds. The van der Waals surface area contributed by atoms with Crippen LogP contribution < -0.4 is 11.3 Å². The van der Waals surface area contributed by atoms with Crippen LogP contribution in [0, 0.1) is 13.8 Å². The zero-order chi connectivity index (χ0) is 14.7. The summed E-state index contributed by atoms with van der Waals surface area (Å²) in [5.41, 5.74) is 3.53. The van der Waals surface area contributed by atoms with Crippen molar-refractivity contribution >= 4 is 21.9 Å². The minimum Gasteiger partial charge on any atom is -0.422 e. The van der Waals surface area contributed by atoms with Crippen LogP contribution in [0.1, 0.15) is 28.7 Å². The first-order valence-electron chi connectivity index (χ1n) is 7.09. The highest BCUT2D eigenvalue weighted by atomic mass is 16.4. The molecule has 0 atom stereocenters. The van der Waals surface area contributed by atoms with Crippen molar-refractivity contribution < 1.29 is 8.83 Å². The van der Waals surface area contributed by atoms with Crippen LogP contribution in [-0.2, 0) is 12.8 Å². The third-order valence-corrected chi connectivity index (χ3v) is 4.27. The van der Waals surface area contributed by atoms with Gasteiger partial charge in [-0.1, -0.05) is 6.07 Å². The molecule has 0 fully saturated rings. The topological polar surface area (TPSA) is 60.4 Å². The fraction of sp³-hybridized carbons (Fsp3) is 0.294. The largest absolute Gasteiger partial charge is 0.422 e. The van der Waals surface area contributed by atoms with Crippen molar-refractivity contribution in [1.82, 2.24) is 0 Å². The lowest BCUT2D eigenvalue weighted by atomic mass is 10.0. The summed E-state index contributed by atoms with van der Waals surface area (Å²) in [5.74, 6) is 0. The fourth-order valence-corrected chi connectivity index (χ4v) is 3.43. The van der Waals surface area contributed by atoms with Crippen LogP contribution in [0.4, 0.5) is 0 Å². The molecule has 0 saturated carbocycles. The molecular weight excluding hydrogens is 268 g/mol. The highest BCUT2D eigenvalue weighted by Gasteiger charge is 2.24. The Labute approximate surface area is 120 Å². The quantitative estimate of drug-likeness (QED) is 0.470. The maximum atomic E-state index is 12.4. The summed E-state index contributed by atoms with van der Waals surface area (Å²) in [6.45, 7) is 3.87. The Kier molecular flexibility index (Phi) is 2.40. The molecule has 0 N–H and O–H groups in total. The predicted molar refractivity (Wildman–Crippen MR) is 80.0 cm³/mol. The molecule has 0 saturated heterocycles. The Hall–Kier alpha value is -2.36. The molecule has 2 aromatic heterocycles. The Morgan fingerprint density at radius 1 is 0.905 bits per heavy atom. The van der Waals surface area contributed by atoms with Gasteiger partial charge in [-0.05, 0) is 55.9 Å². The molecule has 1 aliphatic carbocycles. The van der Waals surface area contributed by atoms with E-state index in [-0.39, 0.29) is 5.63 Å². The number of hydrogen-bond acceptors (Lipinski definition) is 4. The Morgan fingerprint density at radius 2 is 1.67 bits per heavy atom. The van der Waals surface area contributed by atoms with Gasteiger partial charge >= 0.3 is 11.3 Å². The van der Waals surface area contributed by atoms with Gasteiger partial charge in [0.15, 0.2) is 5.58 Å². The van der Waals surface area contributed by atoms with Gasteiger partial charge in [0.25, 0.3) is 0 Å². The van der Waals surface area contributed by atoms with Crippen LogP contribution in [0.15, 0.2) is 30.6 Å². The van der Waals surface area contributed by atoms with Crippen LogP contribution in [0.3, 0.4) is 0 Å². The summed E-state index contributed by atoms with van der Waals surface area (Å²) in [6, 6.07) is 3.80. The van der Waals surface area contributed by atoms with Crippen LogP contribution in [0.2, 0.25) is 0 Å². The number of rotatable bonds is 0. The lowest BCUT2D eigenvalue weighted by Crippen LogP contribution is -2.12. The fourth-order valence-electron chi connectivity index (χ4n) is 3.43. The Bertz CT molecular complexity index is 1020. The van der Waals surface area contributed by atoms with Gasteiger partial charge < -0.3 is 8.83 Å². The second-order valence-electron chi connectivity index (χ2n) is 5.75. The zero-order valence-electron chi connectivity index (χ0n) is 11.9. The van der Waals surface area contributed by atoms with Crippen LogP contribution in [0.25, 0.3) is 21.9 Å². The second kappa shape index (κ2) is 4.07. The van der Waals surface area contributed by atoms with E-state index in [1.807, 2.05) is 19.9 Å². The van der Waals surface area contributed by atoms with Crippen LogP contribution in [-0.4, -0.2) is 0 Å². The average molecular weight is 282 g/mol. The molecule has 4 rings (SSSR count). The van der Waals surface area contributed by atoms with Crippen molar-refractivity contribution in [1.29, 1.82) is 0 Å². The van der Waals surface area contributed by atoms with Crippen molar-refractivity contribution in [3.8, 4) is 0 Å². The van der Waals surface area contributed by atoms with E-state index < -0.39 is 5.63 Å². The Morgan fingerprint density at radius 3 is 2.48 bits per heavy atom. The molecule has 4 nitrogen and oxygen atoms in total. The Balaban J connectivity index is 2.35. The maximum absolute atomic E-state index is 12.4. The van der Waals surface area contributed by atoms with E-state index in [1.165, 1.54) is 0 Å². The molecule has 0 bridgehead atoms. The third-order valence-electron chi connectivity index (χ3n) is 4.27. The van der Waals surface area contributed by atoms with Crippen molar-refractivity contribution in [2.75, 3.05) is 0 Å². The standard InChI is InChI=1S/C17H14O4/c1-8-6-9(2)13-12(7-8)20-17(19)14-10-4-3-5-11(10)16(18)21-15(13)14/h6-7H,3-5H2,1-2H3. The van der Waals surface area contributed by atoms with Gasteiger partial charge in [0.05, 0.1) is 5.39 Å². The van der Waals surface area contributed by atoms with Gasteiger partial charge in [-0.15, -0.1) is 0 Å². The summed E-state index contributed by atoms with van der Waals surface area (Å²) >= 11 is 0. The number of fused-ring (bicyclic) bond motifs is 5. The number of hydrogen-bond donors (Lipinski definition) is 0. The number of aryl methyl sites for hydroxylation is 3. The first-order valence-corrected chi connectivity index (χ1v) is 7.09. The van der Waals surface area contributed by atoms with E-state index in [9.17, 15) is 9.59 Å². The first kappa shape index (κ1) is 12.4. The summed E-state index contributed by atoms with van der Waals surface area (Å²) < 4.78 is 11.0. The molecule has 106 valence electrons. The second-order valence-corrected chi connectivity index (χ2v) is 5.75. The zero-order valence-corrected chi connectivity index (χ0v) is 11.9. The third kappa shape index (κ3) is 1.62. The van der Waals surface area contributed by atoms with Crippen molar-refractivity contribution in [2.24, 2.45) is 0 Å². The van der Waals surface area contributed by atoms with Gasteiger partial charge in [-0.2, -0.15) is 0 Å². The van der Waals surface area contributed by atoms with E-state index in [1.54, 1.807) is 6.07 Å². The van der Waals surface area contributed by atoms with Gasteiger partial charge in [0, 0.05) is 5.56 Å². The highest BCUT2D eigenvalue weighted by molar-refractivity contribution is 6.03. The monoisotopic (exact) mass is 282 g/mol. The van der Waals surface area contributed by atoms with Crippen LogP contribution in [0.5, 0.6) is 0 Å². The maximum Gasteiger partial charge on any atom is 0.347 e. The van der Waals surface area contributed by atoms with Crippen molar-refractivity contribution in [3.05, 3.63) is 55.2 Å². The smallest absolute Gasteiger partial charge is 0.347 e. The molecule has 0 spiro atoms. The minimum atomic E-state index is -0.413. The SMILES string of the molecule is Cc1cc(C)c2c(c1)oc(=O)c1c3c(c(=O)oc12)CCC3. The predicted octanol–water partition coefficient (Wildman–Crippen LogP) is 3.00. The molecule has 21 heavy (non-hydrogen) atoms. The van der Waals surface area contributed by atoms with Crippen molar-refractivity contribution in [2.45, 2.75) is 33.1 Å². The van der Waals surface area contributed by atoms with Crippen molar-refractivity contribution in [3.63, 3.8) is 0 Å². The molecule has 0 radical (unpaired) electrons. The molecule has 3 aromatic rings. The molecule has 1 aliphatic rings. The van der Waals surface area contributed by atoms with E-state index in [4.69, 9.17) is 8.83 Å². The van der Waals surface area contributed by atoms with Gasteiger partial charge in [-0.25, -0.2) is 9.59 Å². The molecule has 2 heterocycles. The molecule has 4 heteroatoms. The molecule has 0 unspecified atom stereocenters. The lowest BCUT2D eigenvalue weighted by molar-refractivity contribution is 0.537. The van der Waals surface area contributed by atoms with Crippen LogP contribution >= 0.6 is 0 Å².